The van der Waals surface area contributed by atoms with Crippen molar-refractivity contribution >= 4 is 10.4 Å². The van der Waals surface area contributed by atoms with Crippen LogP contribution in [-0.4, -0.2) is 21.6 Å². The second-order valence-corrected chi connectivity index (χ2v) is 2.32. The quantitative estimate of drug-likeness (QED) is 0.362. The molecular formula is H6NO7SV. The molecule has 0 unspecified atom stereocenters. The van der Waals surface area contributed by atoms with E-state index in [0.717, 1.165) is 0 Å². The first-order chi connectivity index (χ1) is 3.73. The Labute approximate surface area is 61.4 Å². The molecule has 0 aliphatic carbocycles. The number of hydrogen-bond donors (Lipinski definition) is 4. The molecule has 6 N–H and O–H groups in total. The normalized spacial score (nSPS) is 8.30. The zero-order valence-electron chi connectivity index (χ0n) is 4.54. The number of hydrogen-bond acceptors (Lipinski definition) is 5. The first-order valence-electron chi connectivity index (χ1n) is 1.26. The summed E-state index contributed by atoms with van der Waals surface area (Å²) < 4.78 is 56.0. The Balaban J connectivity index is -0.0000000910. The van der Waals surface area contributed by atoms with Gasteiger partial charge in [-0.25, -0.2) is 0 Å². The van der Waals surface area contributed by atoms with E-state index in [1.165, 1.54) is 0 Å². The zero-order valence-corrected chi connectivity index (χ0v) is 6.75. The minimum atomic E-state index is -4.67. The first-order valence-corrected chi connectivity index (χ1v) is 4.43. The molecule has 0 amide bonds. The van der Waals surface area contributed by atoms with Crippen LogP contribution in [0, 0.1) is 0 Å². The molecule has 0 atom stereocenters. The molecule has 0 rings (SSSR count). The molecule has 0 aromatic carbocycles. The molecule has 0 saturated heterocycles. The van der Waals surface area contributed by atoms with E-state index in [1.807, 2.05) is 0 Å². The Morgan fingerprint density at radius 1 is 1.10 bits per heavy atom. The summed E-state index contributed by atoms with van der Waals surface area (Å²) in [6.07, 6.45) is 0. The maximum atomic E-state index is 8.74. The third kappa shape index (κ3) is 593000. The van der Waals surface area contributed by atoms with Gasteiger partial charge >= 0.3 is 37.2 Å². The van der Waals surface area contributed by atoms with Crippen molar-refractivity contribution in [1.29, 1.82) is 0 Å². The van der Waals surface area contributed by atoms with Crippen LogP contribution in [0.4, 0.5) is 0 Å². The van der Waals surface area contributed by atoms with Crippen molar-refractivity contribution in [2.75, 3.05) is 0 Å². The summed E-state index contributed by atoms with van der Waals surface area (Å²) >= 11 is -3.69. The molecule has 0 aromatic heterocycles. The summed E-state index contributed by atoms with van der Waals surface area (Å²) in [5.74, 6) is 0. The summed E-state index contributed by atoms with van der Waals surface area (Å²) in [7, 11) is -4.67. The molecule has 0 fully saturated rings. The van der Waals surface area contributed by atoms with Gasteiger partial charge in [0.05, 0.1) is 0 Å². The molecule has 10 heavy (non-hydrogen) atoms. The van der Waals surface area contributed by atoms with Crippen LogP contribution in [0.2, 0.25) is 0 Å². The Hall–Kier alpha value is -0.0256. The van der Waals surface area contributed by atoms with E-state index < -0.39 is 25.8 Å². The monoisotopic (exact) mass is 215 g/mol. The van der Waals surface area contributed by atoms with E-state index in [4.69, 9.17) is 28.9 Å². The van der Waals surface area contributed by atoms with Crippen LogP contribution in [0.25, 0.3) is 0 Å². The molecule has 64 valence electrons. The third-order valence-electron chi connectivity index (χ3n) is 0. The summed E-state index contributed by atoms with van der Waals surface area (Å²) in [5, 5.41) is 0. The molecule has 10 heteroatoms. The third-order valence-corrected chi connectivity index (χ3v) is 0. The molecule has 8 nitrogen and oxygen atoms in total. The molecule has 0 spiro atoms. The van der Waals surface area contributed by atoms with Crippen LogP contribution in [0.15, 0.2) is 0 Å². The molecule has 0 aliphatic heterocycles. The van der Waals surface area contributed by atoms with E-state index >= 15 is 0 Å². The van der Waals surface area contributed by atoms with E-state index in [-0.39, 0.29) is 6.15 Å². The second-order valence-electron chi connectivity index (χ2n) is 0.686. The molecule has 0 aliphatic rings. The van der Waals surface area contributed by atoms with Gasteiger partial charge < -0.3 is 6.15 Å². The Morgan fingerprint density at radius 3 is 1.10 bits per heavy atom. The van der Waals surface area contributed by atoms with Crippen molar-refractivity contribution < 1.29 is 44.3 Å². The van der Waals surface area contributed by atoms with Crippen LogP contribution < -0.4 is 6.15 Å². The average molecular weight is 215 g/mol. The van der Waals surface area contributed by atoms with E-state index in [2.05, 4.69) is 0 Å². The van der Waals surface area contributed by atoms with Crippen molar-refractivity contribution in [2.45, 2.75) is 0 Å². The van der Waals surface area contributed by atoms with E-state index in [1.54, 1.807) is 0 Å². The summed E-state index contributed by atoms with van der Waals surface area (Å²) in [6, 6.07) is 0. The Kier molecular flexibility index (Phi) is 11.7. The van der Waals surface area contributed by atoms with Gasteiger partial charge in [0.2, 0.25) is 0 Å². The Morgan fingerprint density at radius 2 is 1.10 bits per heavy atom. The van der Waals surface area contributed by atoms with Gasteiger partial charge in [-0.1, -0.05) is 0 Å². The molecule has 0 saturated carbocycles. The fraction of sp³-hybridized carbons (Fsp3) is 0. The van der Waals surface area contributed by atoms with Crippen molar-refractivity contribution in [1.82, 2.24) is 6.15 Å². The van der Waals surface area contributed by atoms with Gasteiger partial charge in [-0.3, -0.25) is 9.11 Å². The topological polar surface area (TPSA) is 164 Å². The van der Waals surface area contributed by atoms with Crippen molar-refractivity contribution in [3.05, 3.63) is 0 Å². The van der Waals surface area contributed by atoms with E-state index in [9.17, 15) is 0 Å². The minimum absolute atomic E-state index is 0. The molecule has 0 heterocycles. The molecular weight excluding hydrogens is 209 g/mol. The average Bonchev–Trinajstić information content (AvgIpc) is 1.19. The van der Waals surface area contributed by atoms with Crippen molar-refractivity contribution in [2.24, 2.45) is 0 Å². The van der Waals surface area contributed by atoms with Gasteiger partial charge in [0.1, 0.15) is 0 Å². The van der Waals surface area contributed by atoms with Gasteiger partial charge in [0.25, 0.3) is 0 Å². The summed E-state index contributed by atoms with van der Waals surface area (Å²) in [4.78, 5) is 0. The Bertz CT molecular complexity index is 194. The predicted molar refractivity (Wildman–Crippen MR) is 22.8 cm³/mol. The fourth-order valence-electron chi connectivity index (χ4n) is 0. The van der Waals surface area contributed by atoms with Crippen LogP contribution in [0.3, 0.4) is 0 Å². The van der Waals surface area contributed by atoms with E-state index in [0.29, 0.717) is 0 Å². The maximum absolute atomic E-state index is 8.74. The van der Waals surface area contributed by atoms with Crippen molar-refractivity contribution in [3.63, 3.8) is 0 Å². The van der Waals surface area contributed by atoms with Gasteiger partial charge in [-0.15, -0.1) is 0 Å². The standard InChI is InChI=1S/H3N.H2O4S.H2O.2O.V/c;1-5(2,3)4;;;;/h1H3;(H2,1,2,3,4);1H2;;;/q;;;;;+1/p-1. The summed E-state index contributed by atoms with van der Waals surface area (Å²) in [6.45, 7) is 0. The van der Waals surface area contributed by atoms with Crippen LogP contribution >= 0.6 is 0 Å². The molecule has 0 radical (unpaired) electrons. The fourth-order valence-corrected chi connectivity index (χ4v) is 0. The van der Waals surface area contributed by atoms with Crippen LogP contribution in [-0.2, 0) is 33.1 Å². The van der Waals surface area contributed by atoms with Gasteiger partial charge in [0.15, 0.2) is 0 Å². The predicted octanol–water partition coefficient (Wildman–Crippen LogP) is -1.29. The van der Waals surface area contributed by atoms with Gasteiger partial charge in [-0.2, -0.15) is 8.42 Å². The second kappa shape index (κ2) is 7.09. The molecule has 0 bridgehead atoms. The van der Waals surface area contributed by atoms with Crippen LogP contribution in [0.1, 0.15) is 0 Å². The number of rotatable bonds is 0. The van der Waals surface area contributed by atoms with Gasteiger partial charge in [0, 0.05) is 0 Å². The summed E-state index contributed by atoms with van der Waals surface area (Å²) in [5.41, 5.74) is 0. The zero-order chi connectivity index (χ0) is 8.08. The SMILES string of the molecule is N.O=S(=O)(O)O.[O]=[V](=[O])[OH]. The molecule has 0 aromatic rings. The first kappa shape index (κ1) is 16.5. The van der Waals surface area contributed by atoms with Crippen LogP contribution in [0.5, 0.6) is 0 Å². The van der Waals surface area contributed by atoms with Gasteiger partial charge in [-0.05, 0) is 0 Å². The van der Waals surface area contributed by atoms with Crippen molar-refractivity contribution in [3.8, 4) is 0 Å².